The second-order valence-corrected chi connectivity index (χ2v) is 7.56. The molecule has 0 bridgehead atoms. The van der Waals surface area contributed by atoms with Gasteiger partial charge < -0.3 is 24.8 Å². The highest BCUT2D eigenvalue weighted by Crippen LogP contribution is 2.09. The summed E-state index contributed by atoms with van der Waals surface area (Å²) in [6.07, 6.45) is -0.626. The lowest BCUT2D eigenvalue weighted by atomic mass is 10.1. The lowest BCUT2D eigenvalue weighted by Crippen LogP contribution is -2.44. The summed E-state index contributed by atoms with van der Waals surface area (Å²) in [4.78, 5) is 35.2. The number of nitrogens with one attached hydrogen (secondary N) is 2. The van der Waals surface area contributed by atoms with Crippen LogP contribution in [0, 0.1) is 0 Å². The monoisotopic (exact) mass is 380 g/mol. The topological polar surface area (TPSA) is 103 Å². The van der Waals surface area contributed by atoms with Crippen LogP contribution in [0.1, 0.15) is 54.4 Å². The average molecular weight is 381 g/mol. The van der Waals surface area contributed by atoms with Crippen LogP contribution >= 0.6 is 11.6 Å². The Morgan fingerprint density at radius 2 is 1.48 bits per heavy atom. The minimum atomic E-state index is -0.922. The van der Waals surface area contributed by atoms with Crippen LogP contribution in [0.4, 0.5) is 9.59 Å². The highest BCUT2D eigenvalue weighted by atomic mass is 35.5. The normalized spacial score (nSPS) is 12.8. The molecule has 0 fully saturated rings. The van der Waals surface area contributed by atoms with Gasteiger partial charge in [-0.15, -0.1) is 0 Å². The molecule has 2 amide bonds. The third-order valence-corrected chi connectivity index (χ3v) is 2.62. The van der Waals surface area contributed by atoms with Crippen LogP contribution in [0.25, 0.3) is 0 Å². The molecule has 1 atom stereocenters. The van der Waals surface area contributed by atoms with Gasteiger partial charge in [0.15, 0.2) is 6.07 Å². The smallest absolute Gasteiger partial charge is 0.408 e. The Labute approximate surface area is 153 Å². The molecule has 0 unspecified atom stereocenters. The summed E-state index contributed by atoms with van der Waals surface area (Å²) in [6, 6.07) is -1.24. The molecule has 0 saturated carbocycles. The predicted molar refractivity (Wildman–Crippen MR) is 93.4 cm³/mol. The summed E-state index contributed by atoms with van der Waals surface area (Å²) in [6.45, 7) is 10.7. The first-order chi connectivity index (χ1) is 11.3. The maximum Gasteiger partial charge on any atom is 0.408 e. The maximum atomic E-state index is 11.9. The van der Waals surface area contributed by atoms with Crippen LogP contribution in [0.5, 0.6) is 0 Å². The lowest BCUT2D eigenvalue weighted by molar-refractivity contribution is -0.144. The summed E-state index contributed by atoms with van der Waals surface area (Å²) >= 11 is 5.39. The van der Waals surface area contributed by atoms with Crippen LogP contribution in [0.2, 0.25) is 0 Å². The molecule has 0 saturated heterocycles. The summed E-state index contributed by atoms with van der Waals surface area (Å²) in [7, 11) is 0. The molecule has 0 radical (unpaired) electrons. The van der Waals surface area contributed by atoms with Crippen LogP contribution in [-0.2, 0) is 19.0 Å². The summed E-state index contributed by atoms with van der Waals surface area (Å²) < 4.78 is 14.9. The molecule has 0 aromatic heterocycles. The van der Waals surface area contributed by atoms with Gasteiger partial charge in [0.1, 0.15) is 17.2 Å². The van der Waals surface area contributed by atoms with Crippen LogP contribution in [0.3, 0.4) is 0 Å². The fraction of sp³-hybridized carbons (Fsp3) is 0.812. The predicted octanol–water partition coefficient (Wildman–Crippen LogP) is 2.92. The number of rotatable bonds is 7. The maximum absolute atomic E-state index is 11.9. The Balaban J connectivity index is 4.44. The number of carbonyl (C=O) groups is 3. The largest absolute Gasteiger partial charge is 0.448 e. The van der Waals surface area contributed by atoms with Gasteiger partial charge in [0.2, 0.25) is 0 Å². The Hall–Kier alpha value is -1.70. The number of hydrogen-bond acceptors (Lipinski definition) is 6. The van der Waals surface area contributed by atoms with E-state index in [1.54, 1.807) is 41.5 Å². The van der Waals surface area contributed by atoms with Crippen molar-refractivity contribution in [2.75, 3.05) is 12.6 Å². The van der Waals surface area contributed by atoms with Gasteiger partial charge in [0.25, 0.3) is 0 Å². The van der Waals surface area contributed by atoms with E-state index in [9.17, 15) is 14.4 Å². The molecular formula is C16H29ClN2O6. The number of alkyl carbamates (subject to hydrolysis) is 2. The van der Waals surface area contributed by atoms with Crippen LogP contribution in [0.15, 0.2) is 0 Å². The zero-order valence-electron chi connectivity index (χ0n) is 15.7. The fourth-order valence-corrected chi connectivity index (χ4v) is 1.77. The van der Waals surface area contributed by atoms with Crippen molar-refractivity contribution >= 4 is 29.8 Å². The Bertz CT molecular complexity index is 457. The minimum absolute atomic E-state index is 0.241. The molecule has 0 spiro atoms. The average Bonchev–Trinajstić information content (AvgIpc) is 2.38. The number of alkyl halides is 1. The zero-order valence-corrected chi connectivity index (χ0v) is 16.5. The molecule has 146 valence electrons. The third kappa shape index (κ3) is 13.3. The number of carbonyl (C=O) groups excluding carboxylic acids is 3. The first-order valence-corrected chi connectivity index (χ1v) is 8.56. The Kier molecular flexibility index (Phi) is 9.62. The number of halogens is 1. The van der Waals surface area contributed by atoms with Crippen LogP contribution in [-0.4, -0.2) is 48.0 Å². The first-order valence-electron chi connectivity index (χ1n) is 8.03. The van der Waals surface area contributed by atoms with Gasteiger partial charge in [-0.3, -0.25) is 0 Å². The van der Waals surface area contributed by atoms with Gasteiger partial charge in [0, 0.05) is 6.54 Å². The standard InChI is InChI=1S/C16H29ClN2O6/c1-15(2,3)24-13(21)18-9-7-8-11(12(20)23-10-17)19-14(22)25-16(4,5)6/h11H,7-10H2,1-6H3,(H,18,21)(H,19,22)/t11-/m0/s1. The molecule has 2 N–H and O–H groups in total. The molecule has 0 heterocycles. The van der Waals surface area contributed by atoms with Gasteiger partial charge in [0.05, 0.1) is 0 Å². The van der Waals surface area contributed by atoms with E-state index in [0.29, 0.717) is 6.42 Å². The third-order valence-electron chi connectivity index (χ3n) is 2.51. The molecule has 0 aliphatic carbocycles. The van der Waals surface area contributed by atoms with E-state index in [-0.39, 0.29) is 19.0 Å². The van der Waals surface area contributed by atoms with Crippen molar-refractivity contribution in [3.8, 4) is 0 Å². The number of esters is 1. The highest BCUT2D eigenvalue weighted by Gasteiger charge is 2.25. The molecule has 0 rings (SSSR count). The van der Waals surface area contributed by atoms with Crippen LogP contribution < -0.4 is 10.6 Å². The van der Waals surface area contributed by atoms with E-state index in [1.165, 1.54) is 0 Å². The second-order valence-electron chi connectivity index (χ2n) is 7.34. The van der Waals surface area contributed by atoms with Gasteiger partial charge in [-0.1, -0.05) is 11.6 Å². The molecule has 9 heteroatoms. The SMILES string of the molecule is CC(C)(C)OC(=O)NCCC[C@H](NC(=O)OC(C)(C)C)C(=O)OCCl. The Morgan fingerprint density at radius 1 is 0.960 bits per heavy atom. The molecule has 0 aromatic rings. The molecular weight excluding hydrogens is 352 g/mol. The minimum Gasteiger partial charge on any atom is -0.448 e. The molecule has 0 aliphatic rings. The Morgan fingerprint density at radius 3 is 1.96 bits per heavy atom. The van der Waals surface area contributed by atoms with E-state index in [1.807, 2.05) is 0 Å². The molecule has 8 nitrogen and oxygen atoms in total. The van der Waals surface area contributed by atoms with Crippen molar-refractivity contribution < 1.29 is 28.6 Å². The van der Waals surface area contributed by atoms with Crippen molar-refractivity contribution in [2.45, 2.75) is 71.6 Å². The van der Waals surface area contributed by atoms with E-state index in [0.717, 1.165) is 0 Å². The van der Waals surface area contributed by atoms with Gasteiger partial charge in [-0.05, 0) is 54.4 Å². The van der Waals surface area contributed by atoms with Gasteiger partial charge >= 0.3 is 18.2 Å². The highest BCUT2D eigenvalue weighted by molar-refractivity contribution is 6.17. The molecule has 25 heavy (non-hydrogen) atoms. The van der Waals surface area contributed by atoms with E-state index in [2.05, 4.69) is 10.6 Å². The number of ether oxygens (including phenoxy) is 3. The van der Waals surface area contributed by atoms with E-state index >= 15 is 0 Å². The van der Waals surface area contributed by atoms with Crippen molar-refractivity contribution in [3.63, 3.8) is 0 Å². The van der Waals surface area contributed by atoms with Gasteiger partial charge in [-0.25, -0.2) is 14.4 Å². The summed E-state index contributed by atoms with van der Waals surface area (Å²) in [5.74, 6) is -0.668. The quantitative estimate of drug-likeness (QED) is 0.304. The molecule has 0 aliphatic heterocycles. The first kappa shape index (κ1) is 23.3. The second kappa shape index (κ2) is 10.3. The number of amides is 2. The lowest BCUT2D eigenvalue weighted by Gasteiger charge is -2.23. The van der Waals surface area contributed by atoms with Gasteiger partial charge in [-0.2, -0.15) is 0 Å². The van der Waals surface area contributed by atoms with Crippen molar-refractivity contribution in [2.24, 2.45) is 0 Å². The fourth-order valence-electron chi connectivity index (χ4n) is 1.66. The molecule has 0 aromatic carbocycles. The van der Waals surface area contributed by atoms with Crippen molar-refractivity contribution in [3.05, 3.63) is 0 Å². The summed E-state index contributed by atoms with van der Waals surface area (Å²) in [5.41, 5.74) is -1.28. The van der Waals surface area contributed by atoms with E-state index in [4.69, 9.17) is 25.8 Å². The van der Waals surface area contributed by atoms with Crippen molar-refractivity contribution in [1.82, 2.24) is 10.6 Å². The summed E-state index contributed by atoms with van der Waals surface area (Å²) in [5, 5.41) is 5.02. The van der Waals surface area contributed by atoms with Crippen molar-refractivity contribution in [1.29, 1.82) is 0 Å². The van der Waals surface area contributed by atoms with E-state index < -0.39 is 35.4 Å². The number of hydrogen-bond donors (Lipinski definition) is 2. The zero-order chi connectivity index (χ0) is 19.7.